The van der Waals surface area contributed by atoms with Gasteiger partial charge >= 0.3 is 5.69 Å². The van der Waals surface area contributed by atoms with Crippen molar-refractivity contribution in [3.05, 3.63) is 94.0 Å². The maximum Gasteiger partial charge on any atom is 0.497 e. The van der Waals surface area contributed by atoms with Crippen molar-refractivity contribution < 1.29 is 4.57 Å². The molecule has 2 heterocycles. The quantitative estimate of drug-likeness (QED) is 0.457. The zero-order chi connectivity index (χ0) is 21.1. The molecule has 2 aromatic heterocycles. The molecule has 6 heteroatoms. The fourth-order valence-corrected chi connectivity index (χ4v) is 4.15. The molecule has 0 amide bonds. The van der Waals surface area contributed by atoms with Gasteiger partial charge in [-0.1, -0.05) is 59.9 Å². The van der Waals surface area contributed by atoms with Crippen LogP contribution in [0.5, 0.6) is 0 Å². The molecule has 150 valence electrons. The monoisotopic (exact) mass is 415 g/mol. The number of rotatable bonds is 5. The summed E-state index contributed by atoms with van der Waals surface area (Å²) in [7, 11) is 5.55. The average molecular weight is 416 g/mol. The Kier molecular flexibility index (Phi) is 5.59. The zero-order valence-corrected chi connectivity index (χ0v) is 18.0. The second-order valence-corrected chi connectivity index (χ2v) is 8.01. The summed E-state index contributed by atoms with van der Waals surface area (Å²) in [6.07, 6.45) is 5.78. The van der Waals surface area contributed by atoms with E-state index in [2.05, 4.69) is 29.2 Å². The van der Waals surface area contributed by atoms with Crippen LogP contribution in [0.4, 0.5) is 10.8 Å². The standard InChI is InChI=1S/C24H23N4OS/c1-26-17-16-20(28(3)24(26)29)14-15-21-22(18-10-6-4-7-11-18)25-23(30-21)27(2)19-12-8-5-9-13-19/h4-17H,1-3H3/q+1. The van der Waals surface area contributed by atoms with Crippen molar-refractivity contribution in [1.82, 2.24) is 9.55 Å². The van der Waals surface area contributed by atoms with Crippen LogP contribution in [0.3, 0.4) is 0 Å². The van der Waals surface area contributed by atoms with Gasteiger partial charge in [0.2, 0.25) is 0 Å². The molecule has 0 radical (unpaired) electrons. The fourth-order valence-electron chi connectivity index (χ4n) is 3.18. The van der Waals surface area contributed by atoms with Crippen LogP contribution < -0.4 is 15.2 Å². The predicted molar refractivity (Wildman–Crippen MR) is 124 cm³/mol. The molecule has 0 aliphatic heterocycles. The van der Waals surface area contributed by atoms with E-state index in [1.165, 1.54) is 0 Å². The molecule has 0 N–H and O–H groups in total. The largest absolute Gasteiger partial charge is 0.497 e. The smallest absolute Gasteiger partial charge is 0.321 e. The Hall–Kier alpha value is -3.51. The molecule has 0 unspecified atom stereocenters. The lowest BCUT2D eigenvalue weighted by atomic mass is 10.1. The third-order valence-electron chi connectivity index (χ3n) is 4.97. The van der Waals surface area contributed by atoms with Crippen LogP contribution in [0.15, 0.2) is 77.7 Å². The van der Waals surface area contributed by atoms with Gasteiger partial charge in [0.25, 0.3) is 0 Å². The number of hydrogen-bond acceptors (Lipinski definition) is 4. The van der Waals surface area contributed by atoms with Gasteiger partial charge in [-0.25, -0.2) is 9.55 Å². The van der Waals surface area contributed by atoms with Crippen molar-refractivity contribution in [3.63, 3.8) is 0 Å². The highest BCUT2D eigenvalue weighted by Crippen LogP contribution is 2.36. The zero-order valence-electron chi connectivity index (χ0n) is 17.2. The summed E-state index contributed by atoms with van der Waals surface area (Å²) in [5.41, 5.74) is 3.85. The maximum atomic E-state index is 12.2. The van der Waals surface area contributed by atoms with Crippen LogP contribution in [-0.4, -0.2) is 16.6 Å². The number of para-hydroxylation sites is 1. The molecule has 4 aromatic rings. The maximum absolute atomic E-state index is 12.2. The number of nitrogens with zero attached hydrogens (tertiary/aromatic N) is 4. The second kappa shape index (κ2) is 8.47. The van der Waals surface area contributed by atoms with Gasteiger partial charge in [-0.2, -0.15) is 9.36 Å². The first kappa shape index (κ1) is 19.8. The third kappa shape index (κ3) is 3.95. The van der Waals surface area contributed by atoms with E-state index < -0.39 is 0 Å². The lowest BCUT2D eigenvalue weighted by molar-refractivity contribution is -0.690. The lowest BCUT2D eigenvalue weighted by Crippen LogP contribution is -2.50. The third-order valence-corrected chi connectivity index (χ3v) is 6.07. The summed E-state index contributed by atoms with van der Waals surface area (Å²) in [6, 6.07) is 22.3. The molecule has 0 saturated carbocycles. The van der Waals surface area contributed by atoms with Gasteiger partial charge in [-0.15, -0.1) is 0 Å². The minimum atomic E-state index is -0.0609. The van der Waals surface area contributed by atoms with Crippen molar-refractivity contribution in [2.45, 2.75) is 0 Å². The van der Waals surface area contributed by atoms with E-state index >= 15 is 0 Å². The fraction of sp³-hybridized carbons (Fsp3) is 0.125. The Morgan fingerprint density at radius 1 is 1.00 bits per heavy atom. The molecule has 0 saturated heterocycles. The van der Waals surface area contributed by atoms with Crippen LogP contribution in [0.2, 0.25) is 0 Å². The minimum absolute atomic E-state index is 0.0609. The van der Waals surface area contributed by atoms with E-state index in [0.29, 0.717) is 0 Å². The first-order valence-corrected chi connectivity index (χ1v) is 10.4. The summed E-state index contributed by atoms with van der Waals surface area (Å²) in [4.78, 5) is 20.3. The van der Waals surface area contributed by atoms with Crippen LogP contribution in [0.1, 0.15) is 10.6 Å². The number of hydrogen-bond donors (Lipinski definition) is 0. The Labute approximate surface area is 179 Å². The van der Waals surface area contributed by atoms with E-state index in [1.54, 1.807) is 40.8 Å². The summed E-state index contributed by atoms with van der Waals surface area (Å²) in [5, 5.41) is 0.910. The molecule has 4 rings (SSSR count). The molecule has 0 aliphatic carbocycles. The summed E-state index contributed by atoms with van der Waals surface area (Å²) in [5.74, 6) is 0. The van der Waals surface area contributed by atoms with Crippen molar-refractivity contribution in [2.75, 3.05) is 11.9 Å². The molecule has 0 bridgehead atoms. The Morgan fingerprint density at radius 3 is 2.37 bits per heavy atom. The van der Waals surface area contributed by atoms with E-state index in [4.69, 9.17) is 4.98 Å². The summed E-state index contributed by atoms with van der Waals surface area (Å²) < 4.78 is 3.20. The number of aromatic nitrogens is 3. The van der Waals surface area contributed by atoms with E-state index in [0.717, 1.165) is 32.6 Å². The Balaban J connectivity index is 1.77. The molecule has 0 fully saturated rings. The lowest BCUT2D eigenvalue weighted by Gasteiger charge is -2.15. The predicted octanol–water partition coefficient (Wildman–Crippen LogP) is 4.27. The minimum Gasteiger partial charge on any atom is -0.321 e. The van der Waals surface area contributed by atoms with Crippen LogP contribution in [0.25, 0.3) is 23.4 Å². The first-order chi connectivity index (χ1) is 14.5. The normalized spacial score (nSPS) is 11.2. The van der Waals surface area contributed by atoms with Gasteiger partial charge in [0.1, 0.15) is 5.69 Å². The average Bonchev–Trinajstić information content (AvgIpc) is 3.22. The van der Waals surface area contributed by atoms with E-state index in [-0.39, 0.29) is 5.69 Å². The molecule has 5 nitrogen and oxygen atoms in total. The van der Waals surface area contributed by atoms with Crippen LogP contribution in [-0.2, 0) is 14.1 Å². The second-order valence-electron chi connectivity index (χ2n) is 7.00. The first-order valence-electron chi connectivity index (χ1n) is 9.63. The van der Waals surface area contributed by atoms with Gasteiger partial charge < -0.3 is 4.90 Å². The van der Waals surface area contributed by atoms with Crippen LogP contribution in [0, 0.1) is 0 Å². The topological polar surface area (TPSA) is 42.0 Å². The molecular formula is C24H23N4OS+. The highest BCUT2D eigenvalue weighted by molar-refractivity contribution is 7.17. The molecule has 0 aliphatic rings. The van der Waals surface area contributed by atoms with Gasteiger partial charge in [-0.3, -0.25) is 0 Å². The highest BCUT2D eigenvalue weighted by Gasteiger charge is 2.16. The van der Waals surface area contributed by atoms with Crippen molar-refractivity contribution in [1.29, 1.82) is 0 Å². The highest BCUT2D eigenvalue weighted by atomic mass is 32.1. The molecular weight excluding hydrogens is 392 g/mol. The molecule has 30 heavy (non-hydrogen) atoms. The van der Waals surface area contributed by atoms with E-state index in [1.807, 2.05) is 61.7 Å². The van der Waals surface area contributed by atoms with Gasteiger partial charge in [0, 0.05) is 24.4 Å². The number of aryl methyl sites for hydroxylation is 1. The van der Waals surface area contributed by atoms with Crippen molar-refractivity contribution >= 4 is 34.3 Å². The van der Waals surface area contributed by atoms with Crippen LogP contribution >= 0.6 is 11.3 Å². The van der Waals surface area contributed by atoms with Gasteiger partial charge in [0.15, 0.2) is 5.13 Å². The Morgan fingerprint density at radius 2 is 1.67 bits per heavy atom. The summed E-state index contributed by atoms with van der Waals surface area (Å²) in [6.45, 7) is 0. The number of anilines is 2. The van der Waals surface area contributed by atoms with Crippen molar-refractivity contribution in [3.8, 4) is 11.3 Å². The van der Waals surface area contributed by atoms with E-state index in [9.17, 15) is 4.79 Å². The van der Waals surface area contributed by atoms with Gasteiger partial charge in [-0.05, 0) is 24.3 Å². The SMILES string of the molecule is CN(c1ccccc1)c1nc(-c2ccccc2)c(/C=C/c2cc[n+](C)c(=O)n2C)s1. The Bertz CT molecular complexity index is 1240. The summed E-state index contributed by atoms with van der Waals surface area (Å²) >= 11 is 1.63. The number of benzene rings is 2. The molecule has 0 atom stereocenters. The molecule has 2 aromatic carbocycles. The number of thiazole rings is 1. The molecule has 0 spiro atoms. The van der Waals surface area contributed by atoms with Crippen molar-refractivity contribution in [2.24, 2.45) is 14.1 Å². The van der Waals surface area contributed by atoms with Gasteiger partial charge in [0.05, 0.1) is 30.9 Å².